The van der Waals surface area contributed by atoms with Crippen LogP contribution in [0.15, 0.2) is 490 Å². The van der Waals surface area contributed by atoms with Crippen LogP contribution in [0.4, 0.5) is 0 Å². The van der Waals surface area contributed by atoms with E-state index in [1.807, 2.05) is 241 Å². The highest BCUT2D eigenvalue weighted by Gasteiger charge is 2.23. The third-order valence-corrected chi connectivity index (χ3v) is 30.5. The second-order valence-corrected chi connectivity index (χ2v) is 38.9. The third kappa shape index (κ3) is 18.9. The molecular weight excluding hydrogens is 1890 g/mol. The molecule has 4 N–H and O–H groups in total. The fourth-order valence-electron chi connectivity index (χ4n) is 18.7. The molecule has 0 bridgehead atoms. The zero-order valence-corrected chi connectivity index (χ0v) is 81.6. The van der Waals surface area contributed by atoms with Gasteiger partial charge in [0.1, 0.15) is 0 Å². The van der Waals surface area contributed by atoms with Gasteiger partial charge in [0.25, 0.3) is 0 Å². The molecule has 0 spiro atoms. The van der Waals surface area contributed by atoms with Crippen LogP contribution in [-0.2, 0) is 0 Å². The lowest BCUT2D eigenvalue weighted by Gasteiger charge is -2.12. The Morgan fingerprint density at radius 2 is 0.531 bits per heavy atom. The maximum absolute atomic E-state index is 9.52. The van der Waals surface area contributed by atoms with Gasteiger partial charge in [-0.2, -0.15) is 19.9 Å². The lowest BCUT2D eigenvalue weighted by Crippen LogP contribution is -2.29. The van der Waals surface area contributed by atoms with E-state index in [4.69, 9.17) is 26.6 Å². The van der Waals surface area contributed by atoms with Crippen molar-refractivity contribution in [2.24, 2.45) is 0 Å². The van der Waals surface area contributed by atoms with Crippen LogP contribution in [0.1, 0.15) is 0 Å². The molecule has 8 aromatic heterocycles. The molecule has 0 saturated heterocycles. The SMILES string of the molecule is Brc1cccc2c1sc1c2ccc2cc[nH]c21.Clc1nc(-c2ccccc2)nc(-c2ccccc2)n1.OB(O)c1cc(-c2ccccc2)cc(-c2ccccc2)c1.c1ccc(-c2cc(-c3ccccc3)cc(-c3cccc4c3sc3c4ccc4cc[nH]c43)c2)cc1.c1ccc(-c2cc(-c3ccccc3)cc(-c3cccc4c3sc3c4ccc4ccn(-c5nc(-c6ccccc6)nc(-c6ccccc6)n5)c43)c2)cc1. The Labute approximate surface area is 850 Å². The smallest absolute Gasteiger partial charge is 0.423 e. The van der Waals surface area contributed by atoms with Crippen molar-refractivity contribution in [1.82, 2.24) is 44.4 Å². The zero-order chi connectivity index (χ0) is 96.1. The van der Waals surface area contributed by atoms with Crippen molar-refractivity contribution >= 4 is 167 Å². The number of aromatic nitrogens is 9. The van der Waals surface area contributed by atoms with Crippen LogP contribution < -0.4 is 5.46 Å². The summed E-state index contributed by atoms with van der Waals surface area (Å²) in [5.41, 5.74) is 26.5. The number of thiophene rings is 3. The Kier molecular flexibility index (Phi) is 25.6. The van der Waals surface area contributed by atoms with Crippen molar-refractivity contribution in [1.29, 1.82) is 0 Å². The lowest BCUT2D eigenvalue weighted by molar-refractivity contribution is 0.426. The van der Waals surface area contributed by atoms with Crippen LogP contribution in [0.3, 0.4) is 0 Å². The van der Waals surface area contributed by atoms with Gasteiger partial charge in [0.2, 0.25) is 11.2 Å². The normalized spacial score (nSPS) is 11.2. The molecule has 0 aliphatic carbocycles. The van der Waals surface area contributed by atoms with Crippen LogP contribution in [0.5, 0.6) is 0 Å². The zero-order valence-electron chi connectivity index (χ0n) is 76.8. The molecule has 0 atom stereocenters. The first kappa shape index (κ1) is 90.1. The summed E-state index contributed by atoms with van der Waals surface area (Å²) >= 11 is 15.2. The van der Waals surface area contributed by atoms with Gasteiger partial charge in [-0.15, -0.1) is 34.0 Å². The van der Waals surface area contributed by atoms with Crippen LogP contribution in [0.2, 0.25) is 5.28 Å². The number of aromatic amines is 2. The molecule has 11 nitrogen and oxygen atoms in total. The number of halogens is 2. The minimum atomic E-state index is -1.48. The Balaban J connectivity index is 0.000000107. The van der Waals surface area contributed by atoms with Gasteiger partial charge in [0, 0.05) is 108 Å². The second kappa shape index (κ2) is 40.6. The van der Waals surface area contributed by atoms with Crippen molar-refractivity contribution < 1.29 is 10.0 Å². The molecule has 680 valence electrons. The summed E-state index contributed by atoms with van der Waals surface area (Å²) in [6, 6.07) is 161. The molecule has 0 unspecified atom stereocenters. The molecule has 8 heterocycles. The highest BCUT2D eigenvalue weighted by molar-refractivity contribution is 9.10. The van der Waals surface area contributed by atoms with E-state index < -0.39 is 7.12 Å². The summed E-state index contributed by atoms with van der Waals surface area (Å²) in [5, 5.41) is 30.7. The maximum atomic E-state index is 9.52. The molecule has 0 fully saturated rings. The van der Waals surface area contributed by atoms with E-state index >= 15 is 0 Å². The summed E-state index contributed by atoms with van der Waals surface area (Å²) in [4.78, 5) is 34.7. The number of fused-ring (bicyclic) bond motifs is 15. The molecule has 143 heavy (non-hydrogen) atoms. The molecule has 0 aliphatic rings. The van der Waals surface area contributed by atoms with Crippen LogP contribution in [0, 0.1) is 0 Å². The maximum Gasteiger partial charge on any atom is 0.488 e. The molecule has 19 aromatic carbocycles. The lowest BCUT2D eigenvalue weighted by atomic mass is 9.77. The van der Waals surface area contributed by atoms with Gasteiger partial charge in [-0.25, -0.2) is 9.97 Å². The highest BCUT2D eigenvalue weighted by Crippen LogP contribution is 2.49. The van der Waals surface area contributed by atoms with Crippen LogP contribution >= 0.6 is 61.5 Å². The van der Waals surface area contributed by atoms with Gasteiger partial charge >= 0.3 is 7.12 Å². The first-order valence-electron chi connectivity index (χ1n) is 47.0. The minimum absolute atomic E-state index is 0.202. The molecule has 0 aliphatic heterocycles. The highest BCUT2D eigenvalue weighted by atomic mass is 79.9. The van der Waals surface area contributed by atoms with Crippen molar-refractivity contribution in [2.45, 2.75) is 0 Å². The van der Waals surface area contributed by atoms with E-state index in [1.54, 1.807) is 0 Å². The summed E-state index contributed by atoms with van der Waals surface area (Å²) in [7, 11) is -1.48. The molecule has 27 rings (SSSR count). The number of benzene rings is 19. The van der Waals surface area contributed by atoms with Gasteiger partial charge in [-0.05, 0) is 189 Å². The number of nitrogens with one attached hydrogen (secondary N) is 2. The first-order valence-corrected chi connectivity index (χ1v) is 50.6. The summed E-state index contributed by atoms with van der Waals surface area (Å²) in [6.07, 6.45) is 6.12. The van der Waals surface area contributed by atoms with E-state index in [-0.39, 0.29) is 5.28 Å². The average molecular weight is 1980 g/mol. The number of H-pyrrole nitrogens is 2. The first-order chi connectivity index (χ1) is 70.5. The predicted molar refractivity (Wildman–Crippen MR) is 606 cm³/mol. The summed E-state index contributed by atoms with van der Waals surface area (Å²) in [5.74, 6) is 3.05. The topological polar surface area (TPSA) is 154 Å². The molecule has 0 amide bonds. The fourth-order valence-corrected chi connectivity index (χ4v) is 23.4. The molecule has 0 radical (unpaired) electrons. The van der Waals surface area contributed by atoms with E-state index in [0.717, 1.165) is 55.4 Å². The Hall–Kier alpha value is -16.8. The van der Waals surface area contributed by atoms with E-state index in [0.29, 0.717) is 34.7 Å². The molecule has 0 saturated carbocycles. The Bertz CT molecular complexity index is 8980. The summed E-state index contributed by atoms with van der Waals surface area (Å²) in [6.45, 7) is 0. The second-order valence-electron chi connectivity index (χ2n) is 34.6. The number of rotatable bonds is 14. The molecule has 27 aromatic rings. The van der Waals surface area contributed by atoms with Gasteiger partial charge in [0.05, 0.1) is 30.6 Å². The van der Waals surface area contributed by atoms with Crippen LogP contribution in [0.25, 0.3) is 234 Å². The van der Waals surface area contributed by atoms with Crippen molar-refractivity contribution in [3.63, 3.8) is 0 Å². The van der Waals surface area contributed by atoms with Crippen molar-refractivity contribution in [3.05, 3.63) is 495 Å². The van der Waals surface area contributed by atoms with Crippen molar-refractivity contribution in [3.8, 4) is 141 Å². The van der Waals surface area contributed by atoms with Crippen molar-refractivity contribution in [2.75, 3.05) is 0 Å². The largest absolute Gasteiger partial charge is 0.488 e. The fraction of sp³-hybridized carbons (Fsp3) is 0. The van der Waals surface area contributed by atoms with Gasteiger partial charge in [-0.3, -0.25) is 4.57 Å². The number of hydrogen-bond donors (Lipinski definition) is 4. The average Bonchev–Trinajstić information content (AvgIpc) is 1.59. The summed E-state index contributed by atoms with van der Waals surface area (Å²) < 4.78 is 11.1. The monoisotopic (exact) mass is 1980 g/mol. The van der Waals surface area contributed by atoms with E-state index in [1.165, 1.54) is 154 Å². The van der Waals surface area contributed by atoms with Gasteiger partial charge < -0.3 is 20.0 Å². The Morgan fingerprint density at radius 3 is 0.888 bits per heavy atom. The number of nitrogens with zero attached hydrogens (tertiary/aromatic N) is 7. The standard InChI is InChI=1S/C47H30N4S.C32H21NS.C18H15BO2.C15H10ClN3.C14H8BrNS/c1-5-14-31(15-6-1)36-28-37(32-16-7-2-8-17-32)30-38(29-36)39-22-13-23-40-41-25-24-33-26-27-51(42(33)44(41)52-43(39)40)47-49-45(34-18-9-3-10-19-34)48-46(50-47)35-20-11-4-12-21-35;1-3-8-21(9-4-1)24-18-25(22-10-5-2-6-11-22)20-26(19-24)27-12-7-13-28-29-15-14-23-16-17-33-30(23)32(29)34-31(27)28;20-19(21)18-12-16(14-7-3-1-4-8-14)11-17(13-18)15-9-5-2-6-10-15;16-15-18-13(11-7-3-1-4-8-11)17-14(19-15)12-9-5-2-6-10-12;15-11-3-1-2-9-10-5-4-8-6-7-16-12(8)14(10)17-13(9)11/h1-30H;1-20,33H;1-13,20-21H;1-10H;1-7,16H. The van der Waals surface area contributed by atoms with E-state index in [9.17, 15) is 10.0 Å². The third-order valence-electron chi connectivity index (χ3n) is 25.6. The number of hydrogen-bond acceptors (Lipinski definition) is 11. The molecular formula is C126H84BBrClN9O2S3. The van der Waals surface area contributed by atoms with Gasteiger partial charge in [-0.1, -0.05) is 400 Å². The van der Waals surface area contributed by atoms with E-state index in [2.05, 4.69) is 325 Å². The quantitative estimate of drug-likeness (QED) is 0.0785. The predicted octanol–water partition coefficient (Wildman–Crippen LogP) is 33.9. The van der Waals surface area contributed by atoms with Crippen LogP contribution in [-0.4, -0.2) is 61.6 Å². The Morgan fingerprint density at radius 1 is 0.245 bits per heavy atom. The minimum Gasteiger partial charge on any atom is -0.423 e. The van der Waals surface area contributed by atoms with Gasteiger partial charge in [0.15, 0.2) is 23.3 Å². The molecule has 17 heteroatoms.